The summed E-state index contributed by atoms with van der Waals surface area (Å²) in [7, 11) is 1.81. The second kappa shape index (κ2) is 5.71. The van der Waals surface area contributed by atoms with E-state index in [2.05, 4.69) is 21.2 Å². The minimum atomic E-state index is -0.390. The van der Waals surface area contributed by atoms with Crippen molar-refractivity contribution in [3.05, 3.63) is 33.3 Å². The number of nitrogens with one attached hydrogen (secondary N) is 1. The molecule has 0 saturated heterocycles. The van der Waals surface area contributed by atoms with E-state index in [0.717, 1.165) is 10.0 Å². The Morgan fingerprint density at radius 2 is 2.29 bits per heavy atom. The highest BCUT2D eigenvalue weighted by atomic mass is 79.9. The van der Waals surface area contributed by atoms with Gasteiger partial charge < -0.3 is 10.4 Å². The Morgan fingerprint density at radius 3 is 2.86 bits per heavy atom. The largest absolute Gasteiger partial charge is 0.391 e. The molecule has 0 aliphatic rings. The summed E-state index contributed by atoms with van der Waals surface area (Å²) in [5.74, 6) is 0. The fourth-order valence-electron chi connectivity index (χ4n) is 1.25. The number of rotatable bonds is 4. The van der Waals surface area contributed by atoms with E-state index in [1.54, 1.807) is 0 Å². The Labute approximate surface area is 97.4 Å². The summed E-state index contributed by atoms with van der Waals surface area (Å²) in [4.78, 5) is 0. The summed E-state index contributed by atoms with van der Waals surface area (Å²) in [5.41, 5.74) is 0.970. The van der Waals surface area contributed by atoms with Gasteiger partial charge in [0.1, 0.15) is 0 Å². The van der Waals surface area contributed by atoms with E-state index in [0.29, 0.717) is 18.0 Å². The quantitative estimate of drug-likeness (QED) is 0.885. The van der Waals surface area contributed by atoms with Crippen molar-refractivity contribution in [3.63, 3.8) is 0 Å². The maximum absolute atomic E-state index is 9.56. The number of hydrogen-bond donors (Lipinski definition) is 2. The molecule has 78 valence electrons. The zero-order valence-corrected chi connectivity index (χ0v) is 10.3. The molecule has 2 nitrogen and oxygen atoms in total. The van der Waals surface area contributed by atoms with Gasteiger partial charge >= 0.3 is 0 Å². The monoisotopic (exact) mass is 277 g/mol. The van der Waals surface area contributed by atoms with Crippen LogP contribution in [0.5, 0.6) is 0 Å². The van der Waals surface area contributed by atoms with Crippen molar-refractivity contribution in [2.75, 3.05) is 13.6 Å². The highest BCUT2D eigenvalue weighted by Crippen LogP contribution is 2.22. The van der Waals surface area contributed by atoms with Crippen LogP contribution in [0.1, 0.15) is 5.56 Å². The third kappa shape index (κ3) is 3.58. The van der Waals surface area contributed by atoms with Crippen molar-refractivity contribution in [3.8, 4) is 0 Å². The van der Waals surface area contributed by atoms with Crippen molar-refractivity contribution in [1.82, 2.24) is 5.32 Å². The topological polar surface area (TPSA) is 32.3 Å². The van der Waals surface area contributed by atoms with E-state index in [4.69, 9.17) is 11.6 Å². The molecule has 1 unspecified atom stereocenters. The molecule has 14 heavy (non-hydrogen) atoms. The second-order valence-electron chi connectivity index (χ2n) is 3.15. The van der Waals surface area contributed by atoms with Crippen LogP contribution >= 0.6 is 27.5 Å². The van der Waals surface area contributed by atoms with Crippen LogP contribution in [-0.4, -0.2) is 24.8 Å². The number of hydrogen-bond acceptors (Lipinski definition) is 2. The second-order valence-corrected chi connectivity index (χ2v) is 4.47. The van der Waals surface area contributed by atoms with Crippen LogP contribution in [0.25, 0.3) is 0 Å². The number of likely N-dealkylation sites (N-methyl/N-ethyl adjacent to an activating group) is 1. The summed E-state index contributed by atoms with van der Waals surface area (Å²) in [6.45, 7) is 0.576. The average Bonchev–Trinajstić information content (AvgIpc) is 2.10. The van der Waals surface area contributed by atoms with Gasteiger partial charge in [-0.3, -0.25) is 0 Å². The fraction of sp³-hybridized carbons (Fsp3) is 0.400. The van der Waals surface area contributed by atoms with Gasteiger partial charge in [-0.15, -0.1) is 0 Å². The normalized spacial score (nSPS) is 12.9. The Hall–Kier alpha value is -0.0900. The lowest BCUT2D eigenvalue weighted by atomic mass is 10.1. The van der Waals surface area contributed by atoms with Crippen molar-refractivity contribution in [1.29, 1.82) is 0 Å². The van der Waals surface area contributed by atoms with Gasteiger partial charge in [-0.25, -0.2) is 0 Å². The van der Waals surface area contributed by atoms with Gasteiger partial charge in [0.15, 0.2) is 0 Å². The molecule has 0 aliphatic heterocycles. The van der Waals surface area contributed by atoms with Crippen LogP contribution in [0, 0.1) is 0 Å². The molecule has 0 amide bonds. The Morgan fingerprint density at radius 1 is 1.57 bits per heavy atom. The summed E-state index contributed by atoms with van der Waals surface area (Å²) < 4.78 is 0.953. The molecule has 1 atom stereocenters. The molecule has 1 aromatic rings. The van der Waals surface area contributed by atoms with Gasteiger partial charge in [0, 0.05) is 22.5 Å². The molecule has 0 heterocycles. The number of aliphatic hydroxyl groups excluding tert-OH is 1. The van der Waals surface area contributed by atoms with Crippen molar-refractivity contribution in [2.24, 2.45) is 0 Å². The molecule has 1 rings (SSSR count). The first-order valence-corrected chi connectivity index (χ1v) is 5.57. The zero-order chi connectivity index (χ0) is 10.6. The minimum Gasteiger partial charge on any atom is -0.391 e. The molecule has 0 fully saturated rings. The van der Waals surface area contributed by atoms with Gasteiger partial charge in [0.2, 0.25) is 0 Å². The average molecular weight is 279 g/mol. The molecule has 0 radical (unpaired) electrons. The van der Waals surface area contributed by atoms with Gasteiger partial charge in [-0.1, -0.05) is 33.6 Å². The molecular formula is C10H13BrClNO. The third-order valence-electron chi connectivity index (χ3n) is 1.91. The van der Waals surface area contributed by atoms with E-state index in [1.165, 1.54) is 0 Å². The lowest BCUT2D eigenvalue weighted by Gasteiger charge is -2.11. The molecule has 4 heteroatoms. The number of halogens is 2. The van der Waals surface area contributed by atoms with Gasteiger partial charge in [0.05, 0.1) is 6.10 Å². The lowest BCUT2D eigenvalue weighted by Crippen LogP contribution is -2.25. The van der Waals surface area contributed by atoms with Gasteiger partial charge in [-0.2, -0.15) is 0 Å². The van der Waals surface area contributed by atoms with Crippen LogP contribution < -0.4 is 5.32 Å². The number of benzene rings is 1. The standard InChI is InChI=1S/C10H13BrClNO/c1-13-6-9(14)4-7-2-3-8(11)5-10(7)12/h2-3,5,9,13-14H,4,6H2,1H3. The van der Waals surface area contributed by atoms with Crippen molar-refractivity contribution < 1.29 is 5.11 Å². The fourth-order valence-corrected chi connectivity index (χ4v) is 2.00. The molecule has 0 saturated carbocycles. The van der Waals surface area contributed by atoms with E-state index in [9.17, 15) is 5.11 Å². The SMILES string of the molecule is CNCC(O)Cc1ccc(Br)cc1Cl. The molecule has 0 spiro atoms. The molecule has 0 bridgehead atoms. The molecular weight excluding hydrogens is 265 g/mol. The van der Waals surface area contributed by atoms with Crippen LogP contribution in [0.4, 0.5) is 0 Å². The predicted octanol–water partition coefficient (Wildman–Crippen LogP) is 2.23. The first-order valence-electron chi connectivity index (χ1n) is 4.40. The van der Waals surface area contributed by atoms with E-state index in [1.807, 2.05) is 25.2 Å². The minimum absolute atomic E-state index is 0.390. The molecule has 0 aliphatic carbocycles. The van der Waals surface area contributed by atoms with Crippen LogP contribution in [0.15, 0.2) is 22.7 Å². The Balaban J connectivity index is 2.67. The summed E-state index contributed by atoms with van der Waals surface area (Å²) >= 11 is 9.35. The van der Waals surface area contributed by atoms with Crippen LogP contribution in [0.3, 0.4) is 0 Å². The predicted molar refractivity (Wildman–Crippen MR) is 62.8 cm³/mol. The maximum atomic E-state index is 9.56. The first-order chi connectivity index (χ1) is 6.63. The zero-order valence-electron chi connectivity index (χ0n) is 7.93. The highest BCUT2D eigenvalue weighted by molar-refractivity contribution is 9.10. The first kappa shape index (κ1) is 12.0. The molecule has 2 N–H and O–H groups in total. The Kier molecular flexibility index (Phi) is 4.89. The highest BCUT2D eigenvalue weighted by Gasteiger charge is 2.07. The molecule has 1 aromatic carbocycles. The third-order valence-corrected chi connectivity index (χ3v) is 2.76. The van der Waals surface area contributed by atoms with E-state index >= 15 is 0 Å². The van der Waals surface area contributed by atoms with Gasteiger partial charge in [-0.05, 0) is 24.7 Å². The van der Waals surface area contributed by atoms with Crippen molar-refractivity contribution >= 4 is 27.5 Å². The smallest absolute Gasteiger partial charge is 0.0705 e. The van der Waals surface area contributed by atoms with Crippen LogP contribution in [-0.2, 0) is 6.42 Å². The number of aliphatic hydroxyl groups is 1. The maximum Gasteiger partial charge on any atom is 0.0705 e. The Bertz CT molecular complexity index is 306. The molecule has 0 aromatic heterocycles. The van der Waals surface area contributed by atoms with Crippen LogP contribution in [0.2, 0.25) is 5.02 Å². The lowest BCUT2D eigenvalue weighted by molar-refractivity contribution is 0.175. The van der Waals surface area contributed by atoms with E-state index in [-0.39, 0.29) is 0 Å². The summed E-state index contributed by atoms with van der Waals surface area (Å²) in [6.07, 6.45) is 0.186. The van der Waals surface area contributed by atoms with Crippen molar-refractivity contribution in [2.45, 2.75) is 12.5 Å². The van der Waals surface area contributed by atoms with Gasteiger partial charge in [0.25, 0.3) is 0 Å². The summed E-state index contributed by atoms with van der Waals surface area (Å²) in [6, 6.07) is 5.68. The van der Waals surface area contributed by atoms with E-state index < -0.39 is 6.10 Å². The summed E-state index contributed by atoms with van der Waals surface area (Å²) in [5, 5.41) is 13.2.